The number of hydrogen-bond acceptors (Lipinski definition) is 6. The normalized spacial score (nSPS) is 17.5. The van der Waals surface area contributed by atoms with Crippen LogP contribution in [0.4, 0.5) is 5.95 Å². The molecule has 2 fully saturated rings. The Morgan fingerprint density at radius 1 is 0.946 bits per heavy atom. The maximum absolute atomic E-state index is 12.7. The Labute approximate surface area is 216 Å². The molecular weight excluding hydrogens is 462 g/mol. The third kappa shape index (κ3) is 5.27. The van der Waals surface area contributed by atoms with Gasteiger partial charge in [0, 0.05) is 56.7 Å². The van der Waals surface area contributed by atoms with E-state index in [1.165, 1.54) is 29.5 Å². The van der Waals surface area contributed by atoms with E-state index in [1.54, 1.807) is 30.1 Å². The molecule has 188 valence electrons. The molecule has 4 aromatic rings. The van der Waals surface area contributed by atoms with Crippen molar-refractivity contribution in [3.05, 3.63) is 95.0 Å². The topological polar surface area (TPSA) is 72.3 Å². The second-order valence-corrected chi connectivity index (χ2v) is 9.93. The molecule has 0 radical (unpaired) electrons. The first-order valence-electron chi connectivity index (χ1n) is 12.9. The van der Waals surface area contributed by atoms with Crippen molar-refractivity contribution < 1.29 is 4.74 Å². The molecule has 1 saturated heterocycles. The number of hydrogen-bond donors (Lipinski definition) is 1. The molecule has 0 bridgehead atoms. The molecule has 0 spiro atoms. The van der Waals surface area contributed by atoms with Gasteiger partial charge in [-0.15, -0.1) is 0 Å². The highest BCUT2D eigenvalue weighted by molar-refractivity contribution is 5.64. The van der Waals surface area contributed by atoms with Gasteiger partial charge < -0.3 is 15.0 Å². The highest BCUT2D eigenvalue weighted by atomic mass is 16.5. The standard InChI is InChI=1S/C30H31N5O2/c1-34-29(36)18-27(25-12-14-31-15-13-25)33-30(34)35-17-16-32-28(19-35)24-6-4-22(5-7-24)23-8-10-26(11-9-23)37-20-21-2-3-21/h4-15,18,21,28,32H,2-3,16-17,19-20H2,1H3/t28-/m1/s1. The monoisotopic (exact) mass is 493 g/mol. The van der Waals surface area contributed by atoms with Crippen molar-refractivity contribution in [1.82, 2.24) is 19.9 Å². The Balaban J connectivity index is 1.17. The highest BCUT2D eigenvalue weighted by Gasteiger charge is 2.24. The van der Waals surface area contributed by atoms with E-state index < -0.39 is 0 Å². The van der Waals surface area contributed by atoms with Crippen LogP contribution in [0.5, 0.6) is 5.75 Å². The molecule has 1 aliphatic carbocycles. The van der Waals surface area contributed by atoms with Gasteiger partial charge in [0.1, 0.15) is 5.75 Å². The van der Waals surface area contributed by atoms with Gasteiger partial charge in [-0.05, 0) is 59.7 Å². The first-order valence-corrected chi connectivity index (χ1v) is 12.9. The average molecular weight is 494 g/mol. The Morgan fingerprint density at radius 2 is 1.65 bits per heavy atom. The van der Waals surface area contributed by atoms with E-state index in [1.807, 2.05) is 12.1 Å². The van der Waals surface area contributed by atoms with Gasteiger partial charge in [0.05, 0.1) is 12.3 Å². The number of nitrogens with one attached hydrogen (secondary N) is 1. The quantitative estimate of drug-likeness (QED) is 0.410. The van der Waals surface area contributed by atoms with Crippen molar-refractivity contribution in [2.75, 3.05) is 31.1 Å². The fourth-order valence-electron chi connectivity index (χ4n) is 4.79. The Hall–Kier alpha value is -3.97. The van der Waals surface area contributed by atoms with Gasteiger partial charge in [-0.1, -0.05) is 36.4 Å². The molecule has 37 heavy (non-hydrogen) atoms. The molecule has 7 nitrogen and oxygen atoms in total. The number of rotatable bonds is 7. The van der Waals surface area contributed by atoms with Crippen LogP contribution < -0.4 is 20.5 Å². The summed E-state index contributed by atoms with van der Waals surface area (Å²) in [7, 11) is 1.79. The smallest absolute Gasteiger partial charge is 0.255 e. The molecular formula is C30H31N5O2. The van der Waals surface area contributed by atoms with E-state index in [4.69, 9.17) is 9.72 Å². The van der Waals surface area contributed by atoms with Gasteiger partial charge in [0.15, 0.2) is 0 Å². The lowest BCUT2D eigenvalue weighted by Gasteiger charge is -2.35. The minimum atomic E-state index is -0.0693. The van der Waals surface area contributed by atoms with E-state index in [-0.39, 0.29) is 11.6 Å². The van der Waals surface area contributed by atoms with Crippen LogP contribution in [0.2, 0.25) is 0 Å². The van der Waals surface area contributed by atoms with Crippen LogP contribution in [0.1, 0.15) is 24.4 Å². The van der Waals surface area contributed by atoms with Gasteiger partial charge in [-0.2, -0.15) is 0 Å². The largest absolute Gasteiger partial charge is 0.493 e. The first kappa shape index (κ1) is 23.4. The third-order valence-electron chi connectivity index (χ3n) is 7.23. The summed E-state index contributed by atoms with van der Waals surface area (Å²) in [6.45, 7) is 3.15. The summed E-state index contributed by atoms with van der Waals surface area (Å²) in [6.07, 6.45) is 6.03. The molecule has 3 heterocycles. The summed E-state index contributed by atoms with van der Waals surface area (Å²) < 4.78 is 7.51. The zero-order valence-electron chi connectivity index (χ0n) is 21.0. The van der Waals surface area contributed by atoms with E-state index in [0.717, 1.165) is 43.5 Å². The Morgan fingerprint density at radius 3 is 2.35 bits per heavy atom. The van der Waals surface area contributed by atoms with E-state index in [9.17, 15) is 4.79 Å². The average Bonchev–Trinajstić information content (AvgIpc) is 3.79. The van der Waals surface area contributed by atoms with Crippen LogP contribution in [-0.4, -0.2) is 40.8 Å². The van der Waals surface area contributed by atoms with Crippen LogP contribution in [0.15, 0.2) is 83.9 Å². The van der Waals surface area contributed by atoms with Crippen molar-refractivity contribution in [3.63, 3.8) is 0 Å². The second-order valence-electron chi connectivity index (χ2n) is 9.93. The van der Waals surface area contributed by atoms with Crippen LogP contribution in [-0.2, 0) is 7.05 Å². The van der Waals surface area contributed by atoms with Crippen molar-refractivity contribution in [2.45, 2.75) is 18.9 Å². The number of nitrogens with zero attached hydrogens (tertiary/aromatic N) is 4. The molecule has 6 rings (SSSR count). The van der Waals surface area contributed by atoms with Gasteiger partial charge in [-0.3, -0.25) is 14.3 Å². The summed E-state index contributed by atoms with van der Waals surface area (Å²) in [4.78, 5) is 23.9. The van der Waals surface area contributed by atoms with Crippen LogP contribution in [0.3, 0.4) is 0 Å². The third-order valence-corrected chi connectivity index (χ3v) is 7.23. The van der Waals surface area contributed by atoms with Gasteiger partial charge in [0.2, 0.25) is 5.95 Å². The summed E-state index contributed by atoms with van der Waals surface area (Å²) in [6, 6.07) is 22.6. The van der Waals surface area contributed by atoms with E-state index in [2.05, 4.69) is 63.7 Å². The molecule has 1 saturated carbocycles. The zero-order chi connectivity index (χ0) is 25.2. The minimum absolute atomic E-state index is 0.0693. The number of piperazine rings is 1. The first-order chi connectivity index (χ1) is 18.1. The summed E-state index contributed by atoms with van der Waals surface area (Å²) in [5.41, 5.74) is 5.06. The number of ether oxygens (including phenoxy) is 1. The summed E-state index contributed by atoms with van der Waals surface area (Å²) in [5, 5.41) is 3.63. The summed E-state index contributed by atoms with van der Waals surface area (Å²) in [5.74, 6) is 2.38. The van der Waals surface area contributed by atoms with Gasteiger partial charge in [-0.25, -0.2) is 4.98 Å². The predicted octanol–water partition coefficient (Wildman–Crippen LogP) is 4.45. The number of aromatic nitrogens is 3. The van der Waals surface area contributed by atoms with E-state index in [0.29, 0.717) is 11.6 Å². The van der Waals surface area contributed by atoms with Gasteiger partial charge in [0.25, 0.3) is 5.56 Å². The molecule has 2 aromatic carbocycles. The second kappa shape index (κ2) is 10.2. The number of anilines is 1. The van der Waals surface area contributed by atoms with Gasteiger partial charge >= 0.3 is 0 Å². The molecule has 0 unspecified atom stereocenters. The molecule has 1 N–H and O–H groups in total. The van der Waals surface area contributed by atoms with Crippen molar-refractivity contribution >= 4 is 5.95 Å². The fourth-order valence-corrected chi connectivity index (χ4v) is 4.79. The maximum atomic E-state index is 12.7. The lowest BCUT2D eigenvalue weighted by atomic mass is 9.99. The fraction of sp³-hybridized carbons (Fsp3) is 0.300. The maximum Gasteiger partial charge on any atom is 0.255 e. The van der Waals surface area contributed by atoms with Crippen molar-refractivity contribution in [1.29, 1.82) is 0 Å². The summed E-state index contributed by atoms with van der Waals surface area (Å²) >= 11 is 0. The minimum Gasteiger partial charge on any atom is -0.493 e. The highest BCUT2D eigenvalue weighted by Crippen LogP contribution is 2.30. The van der Waals surface area contributed by atoms with Crippen LogP contribution >= 0.6 is 0 Å². The molecule has 1 atom stereocenters. The molecule has 1 aliphatic heterocycles. The molecule has 0 amide bonds. The number of pyridine rings is 1. The van der Waals surface area contributed by atoms with Crippen LogP contribution in [0.25, 0.3) is 22.4 Å². The predicted molar refractivity (Wildman–Crippen MR) is 146 cm³/mol. The lowest BCUT2D eigenvalue weighted by molar-refractivity contribution is 0.300. The van der Waals surface area contributed by atoms with Crippen molar-refractivity contribution in [3.8, 4) is 28.1 Å². The lowest BCUT2D eigenvalue weighted by Crippen LogP contribution is -2.47. The molecule has 7 heteroatoms. The Bertz CT molecular complexity index is 1410. The van der Waals surface area contributed by atoms with E-state index >= 15 is 0 Å². The SMILES string of the molecule is Cn1c(N2CCN[C@@H](c3ccc(-c4ccc(OCC5CC5)cc4)cc3)C2)nc(-c2ccncc2)cc1=O. The molecule has 2 aromatic heterocycles. The Kier molecular flexibility index (Phi) is 6.45. The number of benzene rings is 2. The van der Waals surface area contributed by atoms with Crippen LogP contribution in [0, 0.1) is 5.92 Å². The van der Waals surface area contributed by atoms with Crippen molar-refractivity contribution in [2.24, 2.45) is 13.0 Å². The zero-order valence-corrected chi connectivity index (χ0v) is 21.0. The molecule has 2 aliphatic rings.